The second-order valence-corrected chi connectivity index (χ2v) is 3.12. The van der Waals surface area contributed by atoms with Crippen LogP contribution in [0.5, 0.6) is 0 Å². The number of hydrogen-bond acceptors (Lipinski definition) is 3. The van der Waals surface area contributed by atoms with Crippen LogP contribution in [0.25, 0.3) is 0 Å². The van der Waals surface area contributed by atoms with Gasteiger partial charge >= 0.3 is 0 Å². The van der Waals surface area contributed by atoms with Gasteiger partial charge in [-0.15, -0.1) is 0 Å². The van der Waals surface area contributed by atoms with Crippen molar-refractivity contribution in [1.29, 1.82) is 0 Å². The van der Waals surface area contributed by atoms with Crippen LogP contribution in [-0.2, 0) is 5.60 Å². The Morgan fingerprint density at radius 3 is 2.92 bits per heavy atom. The summed E-state index contributed by atoms with van der Waals surface area (Å²) in [5.74, 6) is 0. The van der Waals surface area contributed by atoms with Gasteiger partial charge in [0.15, 0.2) is 0 Å². The predicted octanol–water partition coefficient (Wildman–Crippen LogP) is 0.875. The molecule has 3 nitrogen and oxygen atoms in total. The van der Waals surface area contributed by atoms with Crippen molar-refractivity contribution in [2.75, 3.05) is 0 Å². The summed E-state index contributed by atoms with van der Waals surface area (Å²) in [6, 6.07) is 3.27. The van der Waals surface area contributed by atoms with Crippen molar-refractivity contribution in [3.05, 3.63) is 29.6 Å². The smallest absolute Gasteiger partial charge is 0.150 e. The van der Waals surface area contributed by atoms with Crippen LogP contribution in [0.3, 0.4) is 0 Å². The SMILES string of the molecule is O=Cc1ccnc(C2(O)CC2)c1. The molecular formula is C9H9NO2. The standard InChI is InChI=1S/C9H9NO2/c11-6-7-1-4-10-8(5-7)9(12)2-3-9/h1,4-6,12H,2-3H2. The van der Waals surface area contributed by atoms with Crippen LogP contribution < -0.4 is 0 Å². The van der Waals surface area contributed by atoms with Gasteiger partial charge in [0.2, 0.25) is 0 Å². The molecule has 1 aliphatic rings. The Bertz CT molecular complexity index is 318. The second kappa shape index (κ2) is 2.38. The van der Waals surface area contributed by atoms with Crippen molar-refractivity contribution in [1.82, 2.24) is 4.98 Å². The molecule has 0 aliphatic heterocycles. The Kier molecular flexibility index (Phi) is 1.48. The first-order valence-electron chi connectivity index (χ1n) is 3.89. The number of aliphatic hydroxyl groups is 1. The number of carbonyl (C=O) groups excluding carboxylic acids is 1. The topological polar surface area (TPSA) is 50.2 Å². The summed E-state index contributed by atoms with van der Waals surface area (Å²) in [5.41, 5.74) is 0.450. The van der Waals surface area contributed by atoms with E-state index in [9.17, 15) is 9.90 Å². The van der Waals surface area contributed by atoms with Gasteiger partial charge in [0.05, 0.1) is 5.69 Å². The van der Waals surface area contributed by atoms with Crippen molar-refractivity contribution in [2.45, 2.75) is 18.4 Å². The van der Waals surface area contributed by atoms with Crippen molar-refractivity contribution in [2.24, 2.45) is 0 Å². The van der Waals surface area contributed by atoms with E-state index in [2.05, 4.69) is 4.98 Å². The third-order valence-corrected chi connectivity index (χ3v) is 2.12. The second-order valence-electron chi connectivity index (χ2n) is 3.12. The first-order chi connectivity index (χ1) is 5.74. The maximum absolute atomic E-state index is 10.4. The molecule has 3 heteroatoms. The zero-order valence-corrected chi connectivity index (χ0v) is 6.53. The summed E-state index contributed by atoms with van der Waals surface area (Å²) >= 11 is 0. The average Bonchev–Trinajstić information content (AvgIpc) is 2.85. The fraction of sp³-hybridized carbons (Fsp3) is 0.333. The quantitative estimate of drug-likeness (QED) is 0.658. The van der Waals surface area contributed by atoms with Gasteiger partial charge in [-0.3, -0.25) is 9.78 Å². The minimum absolute atomic E-state index is 0.570. The Morgan fingerprint density at radius 2 is 2.33 bits per heavy atom. The maximum atomic E-state index is 10.4. The monoisotopic (exact) mass is 163 g/mol. The van der Waals surface area contributed by atoms with Crippen LogP contribution in [0, 0.1) is 0 Å². The molecule has 0 unspecified atom stereocenters. The molecule has 0 aromatic carbocycles. The lowest BCUT2D eigenvalue weighted by Gasteiger charge is -2.05. The number of aromatic nitrogens is 1. The normalized spacial score (nSPS) is 18.8. The van der Waals surface area contributed by atoms with Crippen LogP contribution in [0.4, 0.5) is 0 Å². The molecule has 0 bridgehead atoms. The third-order valence-electron chi connectivity index (χ3n) is 2.12. The first kappa shape index (κ1) is 7.43. The molecule has 1 fully saturated rings. The average molecular weight is 163 g/mol. The lowest BCUT2D eigenvalue weighted by atomic mass is 10.1. The number of aldehydes is 1. The molecule has 1 aromatic rings. The molecule has 0 radical (unpaired) electrons. The van der Waals surface area contributed by atoms with Crippen molar-refractivity contribution in [3.63, 3.8) is 0 Å². The Morgan fingerprint density at radius 1 is 1.58 bits per heavy atom. The molecule has 1 N–H and O–H groups in total. The van der Waals surface area contributed by atoms with Crippen LogP contribution in [0.2, 0.25) is 0 Å². The van der Waals surface area contributed by atoms with Crippen LogP contribution in [0.15, 0.2) is 18.3 Å². The van der Waals surface area contributed by atoms with Crippen molar-refractivity contribution in [3.8, 4) is 0 Å². The number of nitrogens with zero attached hydrogens (tertiary/aromatic N) is 1. The number of carbonyl (C=O) groups is 1. The molecule has 0 atom stereocenters. The number of hydrogen-bond donors (Lipinski definition) is 1. The molecule has 1 saturated carbocycles. The van der Waals surface area contributed by atoms with Gasteiger partial charge in [-0.25, -0.2) is 0 Å². The summed E-state index contributed by atoms with van der Waals surface area (Å²) in [7, 11) is 0. The Labute approximate surface area is 70.1 Å². The van der Waals surface area contributed by atoms with Gasteiger partial charge in [-0.2, -0.15) is 0 Å². The minimum atomic E-state index is -0.737. The molecule has 1 aromatic heterocycles. The Hall–Kier alpha value is -1.22. The van der Waals surface area contributed by atoms with Crippen LogP contribution in [0.1, 0.15) is 28.9 Å². The highest BCUT2D eigenvalue weighted by Gasteiger charge is 2.43. The molecule has 1 heterocycles. The Balaban J connectivity index is 2.38. The summed E-state index contributed by atoms with van der Waals surface area (Å²) in [6.07, 6.45) is 3.82. The fourth-order valence-corrected chi connectivity index (χ4v) is 1.15. The first-order valence-corrected chi connectivity index (χ1v) is 3.89. The van der Waals surface area contributed by atoms with E-state index in [4.69, 9.17) is 0 Å². The number of pyridine rings is 1. The summed E-state index contributed by atoms with van der Waals surface area (Å²) in [5, 5.41) is 9.64. The van der Waals surface area contributed by atoms with Gasteiger partial charge in [0.1, 0.15) is 11.9 Å². The van der Waals surface area contributed by atoms with E-state index in [1.54, 1.807) is 18.3 Å². The maximum Gasteiger partial charge on any atom is 0.150 e. The third kappa shape index (κ3) is 1.12. The highest BCUT2D eigenvalue weighted by atomic mass is 16.3. The van der Waals surface area contributed by atoms with Gasteiger partial charge in [0.25, 0.3) is 0 Å². The van der Waals surface area contributed by atoms with E-state index in [1.807, 2.05) is 0 Å². The van der Waals surface area contributed by atoms with E-state index >= 15 is 0 Å². The number of rotatable bonds is 2. The van der Waals surface area contributed by atoms with Crippen LogP contribution in [-0.4, -0.2) is 16.4 Å². The molecule has 0 amide bonds. The van der Waals surface area contributed by atoms with E-state index in [0.717, 1.165) is 19.1 Å². The largest absolute Gasteiger partial charge is 0.384 e. The molecule has 0 saturated heterocycles. The highest BCUT2D eigenvalue weighted by Crippen LogP contribution is 2.44. The van der Waals surface area contributed by atoms with E-state index in [0.29, 0.717) is 11.3 Å². The van der Waals surface area contributed by atoms with E-state index in [1.165, 1.54) is 0 Å². The lowest BCUT2D eigenvalue weighted by Crippen LogP contribution is -2.07. The zero-order valence-electron chi connectivity index (χ0n) is 6.53. The molecule has 12 heavy (non-hydrogen) atoms. The predicted molar refractivity (Wildman–Crippen MR) is 42.8 cm³/mol. The minimum Gasteiger partial charge on any atom is -0.384 e. The van der Waals surface area contributed by atoms with Gasteiger partial charge in [0, 0.05) is 11.8 Å². The molecular weight excluding hydrogens is 154 g/mol. The van der Waals surface area contributed by atoms with Crippen molar-refractivity contribution >= 4 is 6.29 Å². The molecule has 62 valence electrons. The van der Waals surface area contributed by atoms with Gasteiger partial charge in [-0.1, -0.05) is 0 Å². The highest BCUT2D eigenvalue weighted by molar-refractivity contribution is 5.74. The van der Waals surface area contributed by atoms with Gasteiger partial charge < -0.3 is 5.11 Å². The van der Waals surface area contributed by atoms with E-state index in [-0.39, 0.29) is 0 Å². The van der Waals surface area contributed by atoms with Gasteiger partial charge in [-0.05, 0) is 25.0 Å². The molecule has 1 aliphatic carbocycles. The summed E-state index contributed by atoms with van der Waals surface area (Å²) in [4.78, 5) is 14.4. The van der Waals surface area contributed by atoms with E-state index < -0.39 is 5.60 Å². The molecule has 2 rings (SSSR count). The molecule has 0 spiro atoms. The lowest BCUT2D eigenvalue weighted by molar-refractivity contribution is 0.112. The van der Waals surface area contributed by atoms with Crippen molar-refractivity contribution < 1.29 is 9.90 Å². The summed E-state index contributed by atoms with van der Waals surface area (Å²) in [6.45, 7) is 0. The summed E-state index contributed by atoms with van der Waals surface area (Å²) < 4.78 is 0. The fourth-order valence-electron chi connectivity index (χ4n) is 1.15. The zero-order chi connectivity index (χ0) is 8.60. The van der Waals surface area contributed by atoms with Crippen LogP contribution >= 0.6 is 0 Å².